The van der Waals surface area contributed by atoms with Crippen molar-refractivity contribution in [3.05, 3.63) is 213 Å². The fourth-order valence-electron chi connectivity index (χ4n) is 8.80. The largest absolute Gasteiger partial charge is 4.00 e. The van der Waals surface area contributed by atoms with Crippen molar-refractivity contribution in [2.75, 3.05) is 23.9 Å². The fourth-order valence-corrected chi connectivity index (χ4v) is 8.80. The second kappa shape index (κ2) is 15.9. The molecular weight excluding hydrogens is 974 g/mol. The van der Waals surface area contributed by atoms with Gasteiger partial charge in [-0.2, -0.15) is 25.5 Å². The minimum atomic E-state index is 0. The summed E-state index contributed by atoms with van der Waals surface area (Å²) in [6.07, 6.45) is 9.85. The van der Waals surface area contributed by atoms with Crippen LogP contribution in [0.4, 0.5) is 11.4 Å². The van der Waals surface area contributed by atoms with Gasteiger partial charge < -0.3 is 24.3 Å². The molecule has 0 spiro atoms. The van der Waals surface area contributed by atoms with Gasteiger partial charge in [-0.3, -0.25) is 9.13 Å². The summed E-state index contributed by atoms with van der Waals surface area (Å²) >= 11 is 0. The summed E-state index contributed by atoms with van der Waals surface area (Å²) in [7, 11) is 4.03. The van der Waals surface area contributed by atoms with E-state index in [-0.39, 0.29) is 21.1 Å². The topological polar surface area (TPSA) is 70.7 Å². The number of hydrogen-bond donors (Lipinski definition) is 0. The van der Waals surface area contributed by atoms with E-state index in [0.29, 0.717) is 11.5 Å². The number of ether oxygens (including phenoxy) is 1. The molecule has 11 heteroatoms. The van der Waals surface area contributed by atoms with Crippen molar-refractivity contribution in [2.24, 2.45) is 0 Å². The van der Waals surface area contributed by atoms with E-state index < -0.39 is 0 Å². The Morgan fingerprint density at radius 1 is 0.469 bits per heavy atom. The molecule has 2 aliphatic rings. The van der Waals surface area contributed by atoms with E-state index in [9.17, 15) is 0 Å². The molecule has 0 unspecified atom stereocenters. The van der Waals surface area contributed by atoms with Crippen LogP contribution in [0.2, 0.25) is 0 Å². The average molecular weight is 1010 g/mol. The van der Waals surface area contributed by atoms with Crippen molar-refractivity contribution in [3.8, 4) is 23.1 Å². The molecule has 0 bridgehead atoms. The van der Waals surface area contributed by atoms with E-state index >= 15 is 0 Å². The molecule has 0 saturated heterocycles. The summed E-state index contributed by atoms with van der Waals surface area (Å²) in [4.78, 5) is 23.0. The normalized spacial score (nSPS) is 13.9. The van der Waals surface area contributed by atoms with Crippen molar-refractivity contribution < 1.29 is 25.8 Å². The van der Waals surface area contributed by atoms with Crippen molar-refractivity contribution in [1.82, 2.24) is 33.9 Å². The number of rotatable bonds is 8. The van der Waals surface area contributed by atoms with Gasteiger partial charge in [-0.1, -0.05) is 54.6 Å². The third-order valence-electron chi connectivity index (χ3n) is 11.6. The molecule has 5 aromatic heterocycles. The molecule has 0 atom stereocenters. The number of pyridine rings is 3. The summed E-state index contributed by atoms with van der Waals surface area (Å²) in [5, 5.41) is 4.66. The molecule has 10 nitrogen and oxygen atoms in total. The Labute approximate surface area is 384 Å². The monoisotopic (exact) mass is 1010 g/mol. The van der Waals surface area contributed by atoms with Crippen molar-refractivity contribution in [3.63, 3.8) is 0 Å². The fraction of sp³-hybridized carbons (Fsp3) is 0.0377. The van der Waals surface area contributed by atoms with Crippen LogP contribution in [0.1, 0.15) is 11.1 Å². The molecule has 0 fully saturated rings. The van der Waals surface area contributed by atoms with Gasteiger partial charge in [0.15, 0.2) is 0 Å². The van der Waals surface area contributed by atoms with Crippen LogP contribution in [0.3, 0.4) is 0 Å². The third kappa shape index (κ3) is 6.66. The summed E-state index contributed by atoms with van der Waals surface area (Å²) in [5.41, 5.74) is 9.73. The van der Waals surface area contributed by atoms with Gasteiger partial charge in [-0.15, -0.1) is 47.8 Å². The van der Waals surface area contributed by atoms with E-state index in [4.69, 9.17) is 19.7 Å². The van der Waals surface area contributed by atoms with E-state index in [0.717, 1.165) is 78.5 Å². The zero-order valence-electron chi connectivity index (χ0n) is 34.6. The summed E-state index contributed by atoms with van der Waals surface area (Å²) in [6.45, 7) is 4.06. The van der Waals surface area contributed by atoms with E-state index in [1.165, 1.54) is 10.8 Å². The van der Waals surface area contributed by atoms with Gasteiger partial charge in [0, 0.05) is 74.2 Å². The van der Waals surface area contributed by atoms with E-state index in [1.807, 2.05) is 110 Å². The van der Waals surface area contributed by atoms with Gasteiger partial charge in [0.25, 0.3) is 0 Å². The van der Waals surface area contributed by atoms with Gasteiger partial charge in [-0.25, -0.2) is 15.0 Å². The van der Waals surface area contributed by atoms with Crippen LogP contribution >= 0.6 is 0 Å². The maximum absolute atomic E-state index is 6.47. The third-order valence-corrected chi connectivity index (χ3v) is 11.6. The number of aromatic nitrogens is 5. The van der Waals surface area contributed by atoms with Crippen LogP contribution in [0, 0.1) is 25.5 Å². The molecule has 5 aromatic carbocycles. The zero-order valence-corrected chi connectivity index (χ0v) is 36.9. The Balaban J connectivity index is 0.00000456. The maximum atomic E-state index is 6.47. The molecule has 310 valence electrons. The van der Waals surface area contributed by atoms with Crippen molar-refractivity contribution in [2.45, 2.75) is 0 Å². The van der Waals surface area contributed by atoms with E-state index in [2.05, 4.69) is 134 Å². The van der Waals surface area contributed by atoms with E-state index in [1.54, 1.807) is 0 Å². The van der Waals surface area contributed by atoms with Crippen LogP contribution in [0.5, 0.6) is 11.5 Å². The number of benzene rings is 5. The Bertz CT molecular complexity index is 3110. The first-order chi connectivity index (χ1) is 31.0. The van der Waals surface area contributed by atoms with Crippen LogP contribution in [-0.2, 0) is 21.1 Å². The van der Waals surface area contributed by atoms with Crippen molar-refractivity contribution >= 4 is 66.5 Å². The summed E-state index contributed by atoms with van der Waals surface area (Å²) in [6, 6.07) is 56.6. The Morgan fingerprint density at radius 2 is 0.938 bits per heavy atom. The van der Waals surface area contributed by atoms with Gasteiger partial charge in [0.2, 0.25) is 0 Å². The Kier molecular flexibility index (Phi) is 9.73. The average Bonchev–Trinajstić information content (AvgIpc) is 4.10. The first-order valence-electron chi connectivity index (χ1n) is 20.7. The number of fused-ring (bicyclic) bond motifs is 6. The number of nitrogens with zero attached hydrogens (tertiary/aromatic N) is 9. The van der Waals surface area contributed by atoms with Crippen LogP contribution in [-0.4, -0.2) is 48.0 Å². The van der Waals surface area contributed by atoms with Gasteiger partial charge in [0.1, 0.15) is 17.3 Å². The molecule has 2 aliphatic heterocycles. The second-order valence-electron chi connectivity index (χ2n) is 15.6. The SMILES string of the molecule is CN1C=C(c2ccc(-n3c4ccccc4c4ccccc43)nc2)N(c2[c-]c(Oc3[c-]c(N4[CH-]N(C)C=C4c4ccc(-n5c6ccccc6c6cccnc65)nc4)ccc3)ccc2)[CH-]1.[Pt+4]. The standard InChI is InChI=1S/C53H37N9O.Pt/c1-57-32-49(36-23-25-51(55-30-36)61-46-20-6-3-16-42(46)43-17-4-7-21-47(43)61)59(34-57)38-12-9-14-40(28-38)63-41-15-10-13-39(29-41)60-35-58(2)33-50(60)37-24-26-52(56-31-37)62-48-22-8-5-18-44(48)45-19-11-27-54-53(45)62;/h3-27,30-35H,1-2H3;/q-4;+4. The first kappa shape index (κ1) is 39.2. The molecule has 10 aromatic rings. The molecule has 0 saturated carbocycles. The minimum absolute atomic E-state index is 0. The number of hydrogen-bond acceptors (Lipinski definition) is 8. The van der Waals surface area contributed by atoms with Gasteiger partial charge in [-0.05, 0) is 81.1 Å². The smallest absolute Gasteiger partial charge is 0.510 e. The molecule has 0 N–H and O–H groups in total. The molecular formula is C53H37N9OPt. The van der Waals surface area contributed by atoms with Crippen molar-refractivity contribution in [1.29, 1.82) is 0 Å². The Morgan fingerprint density at radius 3 is 1.45 bits per heavy atom. The molecule has 0 radical (unpaired) electrons. The molecule has 0 amide bonds. The molecule has 7 heterocycles. The van der Waals surface area contributed by atoms with Gasteiger partial charge >= 0.3 is 21.1 Å². The van der Waals surface area contributed by atoms with Crippen LogP contribution in [0.25, 0.3) is 66.8 Å². The van der Waals surface area contributed by atoms with Crippen LogP contribution in [0.15, 0.2) is 177 Å². The number of anilines is 2. The zero-order chi connectivity index (χ0) is 42.0. The predicted molar refractivity (Wildman–Crippen MR) is 251 cm³/mol. The quantitative estimate of drug-likeness (QED) is 0.139. The van der Waals surface area contributed by atoms with Gasteiger partial charge in [0.05, 0.1) is 16.6 Å². The maximum Gasteiger partial charge on any atom is 4.00 e. The van der Waals surface area contributed by atoms with Crippen LogP contribution < -0.4 is 14.5 Å². The Hall–Kier alpha value is -7.68. The predicted octanol–water partition coefficient (Wildman–Crippen LogP) is 11.2. The second-order valence-corrected chi connectivity index (χ2v) is 15.6. The number of para-hydroxylation sites is 3. The minimum Gasteiger partial charge on any atom is -0.510 e. The summed E-state index contributed by atoms with van der Waals surface area (Å²) in [5.74, 6) is 2.81. The molecule has 12 rings (SSSR count). The molecule has 0 aliphatic carbocycles. The molecule has 64 heavy (non-hydrogen) atoms. The first-order valence-corrected chi connectivity index (χ1v) is 20.7. The summed E-state index contributed by atoms with van der Waals surface area (Å²) < 4.78 is 10.8.